The highest BCUT2D eigenvalue weighted by Crippen LogP contribution is 2.28. The van der Waals surface area contributed by atoms with Gasteiger partial charge in [-0.1, -0.05) is 37.3 Å². The van der Waals surface area contributed by atoms with Crippen molar-refractivity contribution < 1.29 is 0 Å². The van der Waals surface area contributed by atoms with Gasteiger partial charge in [0.05, 0.1) is 23.2 Å². The van der Waals surface area contributed by atoms with E-state index in [-0.39, 0.29) is 5.95 Å². The van der Waals surface area contributed by atoms with Crippen molar-refractivity contribution in [1.29, 1.82) is 0 Å². The molecule has 0 bridgehead atoms. The van der Waals surface area contributed by atoms with Crippen LogP contribution in [0.25, 0.3) is 11.0 Å². The number of fused-ring (bicyclic) bond motifs is 1. The molecular formula is C22H26ClIN6. The molecule has 0 spiro atoms. The highest BCUT2D eigenvalue weighted by atomic mass is 127. The summed E-state index contributed by atoms with van der Waals surface area (Å²) in [5, 5.41) is 4.45. The second-order valence-electron chi connectivity index (χ2n) is 7.72. The third-order valence-electron chi connectivity index (χ3n) is 4.73. The van der Waals surface area contributed by atoms with E-state index in [2.05, 4.69) is 82.4 Å². The van der Waals surface area contributed by atoms with Crippen molar-refractivity contribution in [3.8, 4) is 11.8 Å². The van der Waals surface area contributed by atoms with Crippen LogP contribution >= 0.6 is 34.2 Å². The van der Waals surface area contributed by atoms with Gasteiger partial charge >= 0.3 is 0 Å². The van der Waals surface area contributed by atoms with E-state index in [1.165, 1.54) is 9.13 Å². The molecule has 3 aromatic rings. The van der Waals surface area contributed by atoms with Crippen LogP contribution in [0, 0.1) is 35.2 Å². The summed E-state index contributed by atoms with van der Waals surface area (Å²) in [5.41, 5.74) is 10.7. The summed E-state index contributed by atoms with van der Waals surface area (Å²) in [6.45, 7) is 10.9. The summed E-state index contributed by atoms with van der Waals surface area (Å²) in [7, 11) is 0. The van der Waals surface area contributed by atoms with Gasteiger partial charge in [0.1, 0.15) is 10.8 Å². The fourth-order valence-electron chi connectivity index (χ4n) is 3.15. The lowest BCUT2D eigenvalue weighted by Gasteiger charge is -2.10. The summed E-state index contributed by atoms with van der Waals surface area (Å²) in [6, 6.07) is 0. The lowest BCUT2D eigenvalue weighted by atomic mass is 10.1. The van der Waals surface area contributed by atoms with E-state index < -0.39 is 0 Å². The van der Waals surface area contributed by atoms with Crippen LogP contribution < -0.4 is 11.1 Å². The smallest absolute Gasteiger partial charge is 0.223 e. The average Bonchev–Trinajstić information content (AvgIpc) is 3.02. The Morgan fingerprint density at radius 2 is 2.07 bits per heavy atom. The van der Waals surface area contributed by atoms with E-state index >= 15 is 0 Å². The number of pyridine rings is 1. The Labute approximate surface area is 196 Å². The number of aromatic nitrogens is 4. The van der Waals surface area contributed by atoms with Crippen molar-refractivity contribution in [3.63, 3.8) is 0 Å². The summed E-state index contributed by atoms with van der Waals surface area (Å²) in [4.78, 5) is 13.2. The number of nitrogens with one attached hydrogen (secondary N) is 1. The largest absolute Gasteiger partial charge is 0.368 e. The average molecular weight is 537 g/mol. The molecule has 0 aliphatic rings. The molecule has 0 unspecified atom stereocenters. The molecule has 3 rings (SSSR count). The number of hydrogen-bond donors (Lipinski definition) is 2. The molecule has 0 saturated heterocycles. The van der Waals surface area contributed by atoms with Gasteiger partial charge in [-0.05, 0) is 60.0 Å². The van der Waals surface area contributed by atoms with Gasteiger partial charge in [-0.25, -0.2) is 4.98 Å². The molecule has 0 saturated carbocycles. The Hall–Kier alpha value is -1.89. The minimum absolute atomic E-state index is 0.146. The molecule has 6 nitrogen and oxygen atoms in total. The Morgan fingerprint density at radius 1 is 1.30 bits per heavy atom. The van der Waals surface area contributed by atoms with Gasteiger partial charge in [0.25, 0.3) is 0 Å². The molecule has 0 radical (unpaired) electrons. The minimum atomic E-state index is 0.146. The zero-order valence-electron chi connectivity index (χ0n) is 17.7. The van der Waals surface area contributed by atoms with Crippen molar-refractivity contribution in [2.45, 2.75) is 40.7 Å². The van der Waals surface area contributed by atoms with Crippen molar-refractivity contribution in [3.05, 3.63) is 43.5 Å². The van der Waals surface area contributed by atoms with Crippen molar-refractivity contribution >= 4 is 51.2 Å². The number of aryl methyl sites for hydroxylation is 1. The number of nitrogen functional groups attached to an aromatic ring is 1. The number of halogens is 2. The van der Waals surface area contributed by atoms with Gasteiger partial charge in [0.15, 0.2) is 0 Å². The minimum Gasteiger partial charge on any atom is -0.368 e. The van der Waals surface area contributed by atoms with Crippen LogP contribution in [0.5, 0.6) is 0 Å². The van der Waals surface area contributed by atoms with Crippen LogP contribution in [0.2, 0.25) is 5.15 Å². The summed E-state index contributed by atoms with van der Waals surface area (Å²) < 4.78 is 3.22. The molecule has 0 atom stereocenters. The predicted molar refractivity (Wildman–Crippen MR) is 132 cm³/mol. The highest BCUT2D eigenvalue weighted by Gasteiger charge is 2.16. The molecule has 3 N–H and O–H groups in total. The highest BCUT2D eigenvalue weighted by molar-refractivity contribution is 14.1. The topological polar surface area (TPSA) is 81.7 Å². The van der Waals surface area contributed by atoms with Gasteiger partial charge in [0, 0.05) is 28.9 Å². The Bertz CT molecular complexity index is 1130. The quantitative estimate of drug-likeness (QED) is 0.212. The first kappa shape index (κ1) is 22.8. The van der Waals surface area contributed by atoms with Crippen molar-refractivity contribution in [1.82, 2.24) is 24.8 Å². The molecule has 0 aliphatic heterocycles. The van der Waals surface area contributed by atoms with Gasteiger partial charge < -0.3 is 15.6 Å². The molecule has 158 valence electrons. The number of anilines is 1. The van der Waals surface area contributed by atoms with Crippen LogP contribution in [0.3, 0.4) is 0 Å². The zero-order valence-corrected chi connectivity index (χ0v) is 20.6. The van der Waals surface area contributed by atoms with Crippen LogP contribution in [0.4, 0.5) is 5.95 Å². The molecule has 0 amide bonds. The van der Waals surface area contributed by atoms with Crippen molar-refractivity contribution in [2.75, 3.05) is 18.8 Å². The van der Waals surface area contributed by atoms with Gasteiger partial charge in [-0.3, -0.25) is 4.98 Å². The number of hydrogen-bond acceptors (Lipinski definition) is 5. The first-order valence-electron chi connectivity index (χ1n) is 9.90. The summed E-state index contributed by atoms with van der Waals surface area (Å²) in [6.07, 6.45) is 4.62. The molecule has 0 aliphatic carbocycles. The molecule has 0 fully saturated rings. The SMILES string of the molecule is Cc1cnc(Cn2cc(C#CCCNCC(C)C)c3c(Cl)nc(N)nc32)c(C)c1I. The molecular weight excluding hydrogens is 511 g/mol. The van der Waals surface area contributed by atoms with E-state index in [1.807, 2.05) is 17.0 Å². The maximum absolute atomic E-state index is 6.42. The first-order chi connectivity index (χ1) is 14.3. The third-order valence-corrected chi connectivity index (χ3v) is 6.67. The summed E-state index contributed by atoms with van der Waals surface area (Å²) >= 11 is 8.78. The Kier molecular flexibility index (Phi) is 7.55. The predicted octanol–water partition coefficient (Wildman–Crippen LogP) is 4.32. The van der Waals surface area contributed by atoms with Crippen LogP contribution in [-0.4, -0.2) is 32.6 Å². The van der Waals surface area contributed by atoms with E-state index in [9.17, 15) is 0 Å². The number of rotatable bonds is 6. The Balaban J connectivity index is 1.94. The van der Waals surface area contributed by atoms with E-state index in [0.29, 0.717) is 23.3 Å². The molecule has 3 heterocycles. The lowest BCUT2D eigenvalue weighted by molar-refractivity contribution is 0.558. The van der Waals surface area contributed by atoms with Crippen LogP contribution in [-0.2, 0) is 6.54 Å². The fourth-order valence-corrected chi connectivity index (χ4v) is 3.87. The van der Waals surface area contributed by atoms with E-state index in [0.717, 1.165) is 41.7 Å². The lowest BCUT2D eigenvalue weighted by Crippen LogP contribution is -2.20. The van der Waals surface area contributed by atoms with Gasteiger partial charge in [-0.2, -0.15) is 4.98 Å². The first-order valence-corrected chi connectivity index (χ1v) is 11.4. The second kappa shape index (κ2) is 9.94. The monoisotopic (exact) mass is 536 g/mol. The number of nitrogens with zero attached hydrogens (tertiary/aromatic N) is 4. The maximum atomic E-state index is 6.42. The molecule has 30 heavy (non-hydrogen) atoms. The van der Waals surface area contributed by atoms with Crippen LogP contribution in [0.1, 0.15) is 42.7 Å². The summed E-state index contributed by atoms with van der Waals surface area (Å²) in [5.74, 6) is 7.24. The third kappa shape index (κ3) is 5.23. The van der Waals surface area contributed by atoms with Crippen LogP contribution in [0.15, 0.2) is 12.4 Å². The second-order valence-corrected chi connectivity index (χ2v) is 9.16. The van der Waals surface area contributed by atoms with Gasteiger partial charge in [0.2, 0.25) is 5.95 Å². The normalized spacial score (nSPS) is 11.2. The zero-order chi connectivity index (χ0) is 21.8. The van der Waals surface area contributed by atoms with Crippen molar-refractivity contribution in [2.24, 2.45) is 5.92 Å². The molecule has 0 aromatic carbocycles. The molecule has 3 aromatic heterocycles. The molecule has 8 heteroatoms. The van der Waals surface area contributed by atoms with E-state index in [1.54, 1.807) is 0 Å². The Morgan fingerprint density at radius 3 is 2.80 bits per heavy atom. The van der Waals surface area contributed by atoms with Gasteiger partial charge in [-0.15, -0.1) is 0 Å². The fraction of sp³-hybridized carbons (Fsp3) is 0.409. The standard InChI is InChI=1S/C22H26ClIN6/c1-13(2)9-26-8-6-5-7-16-11-30(21-18(16)20(23)28-22(25)29-21)12-17-15(4)19(24)14(3)10-27-17/h10-11,13,26H,6,8-9,12H2,1-4H3,(H2,25,28,29). The maximum Gasteiger partial charge on any atom is 0.223 e. The number of nitrogens with two attached hydrogens (primary N) is 1. The van der Waals surface area contributed by atoms with E-state index in [4.69, 9.17) is 17.3 Å².